The largest absolute Gasteiger partial charge is 0.379 e. The van der Waals surface area contributed by atoms with Gasteiger partial charge in [0, 0.05) is 31.3 Å². The van der Waals surface area contributed by atoms with E-state index in [-0.39, 0.29) is 42.6 Å². The Morgan fingerprint density at radius 1 is 1.06 bits per heavy atom. The number of nitro benzene ring substituents is 2. The van der Waals surface area contributed by atoms with Gasteiger partial charge < -0.3 is 4.74 Å². The van der Waals surface area contributed by atoms with E-state index in [2.05, 4.69) is 10.5 Å². The van der Waals surface area contributed by atoms with Gasteiger partial charge in [0.2, 0.25) is 10.0 Å². The van der Waals surface area contributed by atoms with Crippen molar-refractivity contribution in [3.8, 4) is 0 Å². The number of hydrogen-bond acceptors (Lipinski definition) is 9. The first-order valence-corrected chi connectivity index (χ1v) is 10.6. The molecular formula is C18H19N5O7S. The van der Waals surface area contributed by atoms with Crippen LogP contribution in [0.15, 0.2) is 52.5 Å². The monoisotopic (exact) mass is 449 g/mol. The van der Waals surface area contributed by atoms with Crippen molar-refractivity contribution in [3.63, 3.8) is 0 Å². The lowest BCUT2D eigenvalue weighted by atomic mass is 10.1. The molecule has 2 aromatic carbocycles. The molecular weight excluding hydrogens is 430 g/mol. The molecule has 1 fully saturated rings. The fourth-order valence-corrected chi connectivity index (χ4v) is 4.32. The van der Waals surface area contributed by atoms with E-state index in [1.54, 1.807) is 6.92 Å². The quantitative estimate of drug-likeness (QED) is 0.383. The average Bonchev–Trinajstić information content (AvgIpc) is 2.77. The first-order chi connectivity index (χ1) is 14.7. The third kappa shape index (κ3) is 5.02. The summed E-state index contributed by atoms with van der Waals surface area (Å²) in [5, 5.41) is 26.3. The Morgan fingerprint density at radius 2 is 1.71 bits per heavy atom. The summed E-state index contributed by atoms with van der Waals surface area (Å²) < 4.78 is 31.9. The Morgan fingerprint density at radius 3 is 2.29 bits per heavy atom. The van der Waals surface area contributed by atoms with Crippen LogP contribution >= 0.6 is 0 Å². The summed E-state index contributed by atoms with van der Waals surface area (Å²) in [6.07, 6.45) is 0. The number of morpholine rings is 1. The SMILES string of the molecule is CC(=NNc1ccc(S(=O)(=O)N2CCOCC2)cc1[N+](=O)[O-])c1ccc([N+](=O)[O-])cc1. The van der Waals surface area contributed by atoms with E-state index in [4.69, 9.17) is 4.74 Å². The topological polar surface area (TPSA) is 157 Å². The molecule has 1 aliphatic rings. The van der Waals surface area contributed by atoms with Crippen molar-refractivity contribution in [3.05, 3.63) is 68.3 Å². The first kappa shape index (κ1) is 22.3. The lowest BCUT2D eigenvalue weighted by molar-refractivity contribution is -0.384. The van der Waals surface area contributed by atoms with Crippen molar-refractivity contribution in [2.75, 3.05) is 31.7 Å². The second kappa shape index (κ2) is 9.16. The van der Waals surface area contributed by atoms with Gasteiger partial charge >= 0.3 is 0 Å². The highest BCUT2D eigenvalue weighted by Crippen LogP contribution is 2.29. The zero-order chi connectivity index (χ0) is 22.6. The van der Waals surface area contributed by atoms with Gasteiger partial charge in [0.05, 0.1) is 33.7 Å². The minimum Gasteiger partial charge on any atom is -0.379 e. The Kier molecular flexibility index (Phi) is 6.58. The molecule has 0 bridgehead atoms. The lowest BCUT2D eigenvalue weighted by Gasteiger charge is -2.26. The minimum absolute atomic E-state index is 0.00666. The molecule has 0 radical (unpaired) electrons. The molecule has 1 N–H and O–H groups in total. The minimum atomic E-state index is -3.89. The summed E-state index contributed by atoms with van der Waals surface area (Å²) in [6.45, 7) is 2.50. The first-order valence-electron chi connectivity index (χ1n) is 9.11. The second-order valence-corrected chi connectivity index (χ2v) is 8.50. The predicted octanol–water partition coefficient (Wildman–Crippen LogP) is 2.36. The number of benzene rings is 2. The van der Waals surface area contributed by atoms with Gasteiger partial charge in [-0.1, -0.05) is 0 Å². The van der Waals surface area contributed by atoms with E-state index < -0.39 is 25.6 Å². The molecule has 13 heteroatoms. The molecule has 1 saturated heterocycles. The number of nitrogens with zero attached hydrogens (tertiary/aromatic N) is 4. The zero-order valence-corrected chi connectivity index (χ0v) is 17.2. The maximum absolute atomic E-state index is 12.8. The number of nitro groups is 2. The maximum Gasteiger partial charge on any atom is 0.295 e. The molecule has 0 aliphatic carbocycles. The smallest absolute Gasteiger partial charge is 0.295 e. The molecule has 1 heterocycles. The third-order valence-corrected chi connectivity index (χ3v) is 6.51. The van der Waals surface area contributed by atoms with Crippen LogP contribution in [0.4, 0.5) is 17.1 Å². The summed E-state index contributed by atoms with van der Waals surface area (Å²) in [4.78, 5) is 20.8. The molecule has 0 amide bonds. The molecule has 2 aromatic rings. The van der Waals surface area contributed by atoms with Crippen LogP contribution in [0, 0.1) is 20.2 Å². The molecule has 0 unspecified atom stereocenters. The van der Waals surface area contributed by atoms with Crippen LogP contribution in [0.2, 0.25) is 0 Å². The van der Waals surface area contributed by atoms with Crippen LogP contribution in [0.1, 0.15) is 12.5 Å². The number of hydrazone groups is 1. The molecule has 1 aliphatic heterocycles. The van der Waals surface area contributed by atoms with Gasteiger partial charge in [-0.05, 0) is 36.8 Å². The van der Waals surface area contributed by atoms with E-state index in [1.165, 1.54) is 40.7 Å². The zero-order valence-electron chi connectivity index (χ0n) is 16.4. The Bertz CT molecular complexity index is 1130. The number of non-ortho nitro benzene ring substituents is 1. The summed E-state index contributed by atoms with van der Waals surface area (Å²) >= 11 is 0. The standard InChI is InChI=1S/C18H19N5O7S/c1-13(14-2-4-15(5-3-14)22(24)25)19-20-17-7-6-16(12-18(17)23(26)27)31(28,29)21-8-10-30-11-9-21/h2-7,12,20H,8-11H2,1H3. The fraction of sp³-hybridized carbons (Fsp3) is 0.278. The van der Waals surface area contributed by atoms with Gasteiger partial charge in [-0.15, -0.1) is 0 Å². The Balaban J connectivity index is 1.85. The van der Waals surface area contributed by atoms with E-state index in [0.717, 1.165) is 6.07 Å². The van der Waals surface area contributed by atoms with Gasteiger partial charge in [0.1, 0.15) is 5.69 Å². The molecule has 0 saturated carbocycles. The van der Waals surface area contributed by atoms with Crippen molar-refractivity contribution < 1.29 is 23.0 Å². The van der Waals surface area contributed by atoms with Crippen LogP contribution in [0.25, 0.3) is 0 Å². The highest BCUT2D eigenvalue weighted by atomic mass is 32.2. The van der Waals surface area contributed by atoms with Gasteiger partial charge in [0.25, 0.3) is 11.4 Å². The molecule has 3 rings (SSSR count). The number of anilines is 1. The maximum atomic E-state index is 12.8. The number of rotatable bonds is 7. The van der Waals surface area contributed by atoms with Gasteiger partial charge in [-0.25, -0.2) is 8.42 Å². The molecule has 0 spiro atoms. The summed E-state index contributed by atoms with van der Waals surface area (Å²) in [5.74, 6) is 0. The highest BCUT2D eigenvalue weighted by molar-refractivity contribution is 7.89. The van der Waals surface area contributed by atoms with Crippen LogP contribution in [0.5, 0.6) is 0 Å². The average molecular weight is 449 g/mol. The third-order valence-electron chi connectivity index (χ3n) is 4.61. The van der Waals surface area contributed by atoms with Crippen molar-refractivity contribution in [1.29, 1.82) is 0 Å². The van der Waals surface area contributed by atoms with Crippen LogP contribution in [0.3, 0.4) is 0 Å². The molecule has 0 atom stereocenters. The predicted molar refractivity (Wildman–Crippen MR) is 112 cm³/mol. The molecule has 164 valence electrons. The van der Waals surface area contributed by atoms with E-state index in [0.29, 0.717) is 11.3 Å². The molecule has 0 aromatic heterocycles. The van der Waals surface area contributed by atoms with Crippen molar-refractivity contribution in [2.45, 2.75) is 11.8 Å². The normalized spacial score (nSPS) is 15.5. The van der Waals surface area contributed by atoms with Crippen molar-refractivity contribution in [1.82, 2.24) is 4.31 Å². The van der Waals surface area contributed by atoms with E-state index in [9.17, 15) is 28.6 Å². The van der Waals surface area contributed by atoms with Gasteiger partial charge in [0.15, 0.2) is 0 Å². The summed E-state index contributed by atoms with van der Waals surface area (Å²) in [6, 6.07) is 9.19. The fourth-order valence-electron chi connectivity index (χ4n) is 2.89. The summed E-state index contributed by atoms with van der Waals surface area (Å²) in [7, 11) is -3.89. The lowest BCUT2D eigenvalue weighted by Crippen LogP contribution is -2.40. The Hall–Kier alpha value is -3.42. The molecule has 31 heavy (non-hydrogen) atoms. The van der Waals surface area contributed by atoms with E-state index in [1.807, 2.05) is 0 Å². The van der Waals surface area contributed by atoms with Crippen LogP contribution in [-0.2, 0) is 14.8 Å². The second-order valence-electron chi connectivity index (χ2n) is 6.57. The van der Waals surface area contributed by atoms with Crippen molar-refractivity contribution >= 4 is 32.8 Å². The van der Waals surface area contributed by atoms with Gasteiger partial charge in [-0.3, -0.25) is 25.7 Å². The Labute approximate surface area is 177 Å². The molecule has 12 nitrogen and oxygen atoms in total. The number of sulfonamides is 1. The number of hydrogen-bond donors (Lipinski definition) is 1. The summed E-state index contributed by atoms with van der Waals surface area (Å²) in [5.41, 5.74) is 3.06. The number of nitrogens with one attached hydrogen (secondary N) is 1. The van der Waals surface area contributed by atoms with Crippen molar-refractivity contribution in [2.24, 2.45) is 5.10 Å². The van der Waals surface area contributed by atoms with Gasteiger partial charge in [-0.2, -0.15) is 9.41 Å². The number of ether oxygens (including phenoxy) is 1. The van der Waals surface area contributed by atoms with E-state index >= 15 is 0 Å². The van der Waals surface area contributed by atoms with Crippen LogP contribution in [-0.4, -0.2) is 54.6 Å². The highest BCUT2D eigenvalue weighted by Gasteiger charge is 2.28. The van der Waals surface area contributed by atoms with Crippen LogP contribution < -0.4 is 5.43 Å².